The molecule has 2 rings (SSSR count). The van der Waals surface area contributed by atoms with Gasteiger partial charge in [-0.15, -0.1) is 0 Å². The highest BCUT2D eigenvalue weighted by Crippen LogP contribution is 2.11. The van der Waals surface area contributed by atoms with E-state index >= 15 is 0 Å². The van der Waals surface area contributed by atoms with Crippen molar-refractivity contribution in [2.24, 2.45) is 0 Å². The van der Waals surface area contributed by atoms with Crippen LogP contribution in [0.25, 0.3) is 0 Å². The molecule has 2 heterocycles. The summed E-state index contributed by atoms with van der Waals surface area (Å²) < 4.78 is 30.6. The second kappa shape index (κ2) is 6.64. The Morgan fingerprint density at radius 3 is 2.45 bits per heavy atom. The number of aromatic nitrogens is 2. The highest BCUT2D eigenvalue weighted by molar-refractivity contribution is 7.89. The first-order chi connectivity index (χ1) is 9.55. The summed E-state index contributed by atoms with van der Waals surface area (Å²) in [6, 6.07) is 0. The maximum atomic E-state index is 12.0. The number of sulfonamides is 1. The average molecular weight is 302 g/mol. The van der Waals surface area contributed by atoms with Crippen LogP contribution in [0.3, 0.4) is 0 Å². The summed E-state index contributed by atoms with van der Waals surface area (Å²) in [5, 5.41) is 3.92. The Kier molecular flexibility index (Phi) is 5.11. The van der Waals surface area contributed by atoms with Crippen LogP contribution >= 0.6 is 0 Å². The maximum absolute atomic E-state index is 12.0. The first kappa shape index (κ1) is 15.4. The molecule has 1 aliphatic heterocycles. The number of hydrogen-bond acceptors (Lipinski definition) is 6. The molecule has 1 fully saturated rings. The predicted molar refractivity (Wildman–Crippen MR) is 74.6 cm³/mol. The number of aryl methyl sites for hydroxylation is 1. The lowest BCUT2D eigenvalue weighted by atomic mass is 10.3. The van der Waals surface area contributed by atoms with Crippen molar-refractivity contribution in [3.05, 3.63) is 11.7 Å². The Balaban J connectivity index is 1.85. The van der Waals surface area contributed by atoms with Crippen molar-refractivity contribution in [1.29, 1.82) is 0 Å². The molecule has 20 heavy (non-hydrogen) atoms. The van der Waals surface area contributed by atoms with Gasteiger partial charge in [0.15, 0.2) is 5.82 Å². The predicted octanol–water partition coefficient (Wildman–Crippen LogP) is 0.489. The van der Waals surface area contributed by atoms with E-state index in [1.54, 1.807) is 4.31 Å². The summed E-state index contributed by atoms with van der Waals surface area (Å²) >= 11 is 0. The standard InChI is InChI=1S/C12H22N4O3S/c1-3-9-20(17,18)16-7-5-15(6-8-16)10-11-13-12(4-2)19-14-11/h3-10H2,1-2H3. The Hall–Kier alpha value is -0.990. The highest BCUT2D eigenvalue weighted by atomic mass is 32.2. The molecule has 0 saturated carbocycles. The summed E-state index contributed by atoms with van der Waals surface area (Å²) in [5.41, 5.74) is 0. The van der Waals surface area contributed by atoms with E-state index in [2.05, 4.69) is 15.0 Å². The molecular formula is C12H22N4O3S. The van der Waals surface area contributed by atoms with Crippen LogP contribution in [0.4, 0.5) is 0 Å². The highest BCUT2D eigenvalue weighted by Gasteiger charge is 2.26. The fraction of sp³-hybridized carbons (Fsp3) is 0.833. The lowest BCUT2D eigenvalue weighted by molar-refractivity contribution is 0.176. The zero-order valence-corrected chi connectivity index (χ0v) is 12.9. The van der Waals surface area contributed by atoms with Gasteiger partial charge in [-0.3, -0.25) is 4.90 Å². The van der Waals surface area contributed by atoms with E-state index in [0.29, 0.717) is 50.9 Å². The third-order valence-corrected chi connectivity index (χ3v) is 5.44. The van der Waals surface area contributed by atoms with Crippen LogP contribution in [0.5, 0.6) is 0 Å². The molecule has 0 spiro atoms. The second-order valence-electron chi connectivity index (χ2n) is 4.95. The van der Waals surface area contributed by atoms with Gasteiger partial charge in [-0.1, -0.05) is 19.0 Å². The van der Waals surface area contributed by atoms with Gasteiger partial charge in [-0.2, -0.15) is 9.29 Å². The van der Waals surface area contributed by atoms with Gasteiger partial charge in [0.2, 0.25) is 15.9 Å². The first-order valence-electron chi connectivity index (χ1n) is 7.06. The van der Waals surface area contributed by atoms with Crippen molar-refractivity contribution in [1.82, 2.24) is 19.3 Å². The number of rotatable bonds is 6. The van der Waals surface area contributed by atoms with Gasteiger partial charge in [0, 0.05) is 32.6 Å². The number of nitrogens with zero attached hydrogens (tertiary/aromatic N) is 4. The summed E-state index contributed by atoms with van der Waals surface area (Å²) in [6.45, 7) is 6.97. The van der Waals surface area contributed by atoms with Crippen molar-refractivity contribution in [3.8, 4) is 0 Å². The van der Waals surface area contributed by atoms with Gasteiger partial charge in [0.1, 0.15) is 0 Å². The van der Waals surface area contributed by atoms with Crippen molar-refractivity contribution in [3.63, 3.8) is 0 Å². The molecule has 8 heteroatoms. The van der Waals surface area contributed by atoms with Crippen molar-refractivity contribution in [2.45, 2.75) is 33.2 Å². The molecule has 0 unspecified atom stereocenters. The van der Waals surface area contributed by atoms with Crippen molar-refractivity contribution < 1.29 is 12.9 Å². The minimum Gasteiger partial charge on any atom is -0.339 e. The molecule has 1 aromatic heterocycles. The van der Waals surface area contributed by atoms with E-state index in [1.807, 2.05) is 13.8 Å². The smallest absolute Gasteiger partial charge is 0.226 e. The molecule has 1 aliphatic rings. The van der Waals surface area contributed by atoms with Crippen LogP contribution in [0.15, 0.2) is 4.52 Å². The number of hydrogen-bond donors (Lipinski definition) is 0. The third-order valence-electron chi connectivity index (χ3n) is 3.36. The lowest BCUT2D eigenvalue weighted by Crippen LogP contribution is -2.48. The maximum Gasteiger partial charge on any atom is 0.226 e. The summed E-state index contributed by atoms with van der Waals surface area (Å²) in [5.74, 6) is 1.55. The molecule has 114 valence electrons. The summed E-state index contributed by atoms with van der Waals surface area (Å²) in [7, 11) is -3.07. The van der Waals surface area contributed by atoms with E-state index < -0.39 is 10.0 Å². The molecule has 0 amide bonds. The van der Waals surface area contributed by atoms with E-state index in [4.69, 9.17) is 4.52 Å². The average Bonchev–Trinajstić information content (AvgIpc) is 2.87. The minimum absolute atomic E-state index is 0.234. The quantitative estimate of drug-likeness (QED) is 0.761. The molecule has 0 radical (unpaired) electrons. The fourth-order valence-electron chi connectivity index (χ4n) is 2.25. The Morgan fingerprint density at radius 2 is 1.90 bits per heavy atom. The van der Waals surface area contributed by atoms with Gasteiger partial charge in [0.05, 0.1) is 12.3 Å². The van der Waals surface area contributed by atoms with Crippen LogP contribution in [0.2, 0.25) is 0 Å². The minimum atomic E-state index is -3.07. The normalized spacial score (nSPS) is 18.5. The van der Waals surface area contributed by atoms with Gasteiger partial charge in [-0.25, -0.2) is 8.42 Å². The Labute approximate surface area is 120 Å². The van der Waals surface area contributed by atoms with E-state index in [9.17, 15) is 8.42 Å². The summed E-state index contributed by atoms with van der Waals surface area (Å²) in [4.78, 5) is 6.42. The van der Waals surface area contributed by atoms with Crippen LogP contribution < -0.4 is 0 Å². The van der Waals surface area contributed by atoms with E-state index in [-0.39, 0.29) is 5.75 Å². The van der Waals surface area contributed by atoms with Crippen molar-refractivity contribution in [2.75, 3.05) is 31.9 Å². The van der Waals surface area contributed by atoms with E-state index in [1.165, 1.54) is 0 Å². The first-order valence-corrected chi connectivity index (χ1v) is 8.67. The van der Waals surface area contributed by atoms with Crippen LogP contribution in [-0.4, -0.2) is 59.7 Å². The molecule has 7 nitrogen and oxygen atoms in total. The van der Waals surface area contributed by atoms with Gasteiger partial charge >= 0.3 is 0 Å². The third kappa shape index (κ3) is 3.77. The Morgan fingerprint density at radius 1 is 1.20 bits per heavy atom. The molecule has 0 aromatic carbocycles. The van der Waals surface area contributed by atoms with Crippen molar-refractivity contribution >= 4 is 10.0 Å². The topological polar surface area (TPSA) is 79.5 Å². The van der Waals surface area contributed by atoms with Crippen LogP contribution in [-0.2, 0) is 23.0 Å². The van der Waals surface area contributed by atoms with Gasteiger partial charge < -0.3 is 4.52 Å². The fourth-order valence-corrected chi connectivity index (χ4v) is 3.74. The number of piperazine rings is 1. The zero-order chi connectivity index (χ0) is 14.6. The van der Waals surface area contributed by atoms with Crippen LogP contribution in [0, 0.1) is 0 Å². The monoisotopic (exact) mass is 302 g/mol. The molecule has 1 saturated heterocycles. The Bertz CT molecular complexity index is 521. The summed E-state index contributed by atoms with van der Waals surface area (Å²) in [6.07, 6.45) is 1.39. The van der Waals surface area contributed by atoms with Gasteiger partial charge in [0.25, 0.3) is 0 Å². The molecule has 0 atom stereocenters. The molecule has 0 bridgehead atoms. The largest absolute Gasteiger partial charge is 0.339 e. The van der Waals surface area contributed by atoms with Crippen LogP contribution in [0.1, 0.15) is 32.0 Å². The molecule has 1 aromatic rings. The van der Waals surface area contributed by atoms with Gasteiger partial charge in [-0.05, 0) is 6.42 Å². The molecule has 0 aliphatic carbocycles. The molecule has 0 N–H and O–H groups in total. The van der Waals surface area contributed by atoms with E-state index in [0.717, 1.165) is 6.42 Å². The lowest BCUT2D eigenvalue weighted by Gasteiger charge is -2.33. The molecular weight excluding hydrogens is 280 g/mol. The zero-order valence-electron chi connectivity index (χ0n) is 12.1. The SMILES string of the molecule is CCCS(=O)(=O)N1CCN(Cc2noc(CC)n2)CC1. The second-order valence-corrected chi connectivity index (χ2v) is 7.04.